The molecule has 0 aliphatic heterocycles. The summed E-state index contributed by atoms with van der Waals surface area (Å²) in [6.07, 6.45) is 1.40. The smallest absolute Gasteiger partial charge is 0.240 e. The van der Waals surface area contributed by atoms with Gasteiger partial charge in [0, 0.05) is 18.7 Å². The molecule has 0 radical (unpaired) electrons. The summed E-state index contributed by atoms with van der Waals surface area (Å²) in [7, 11) is 0. The van der Waals surface area contributed by atoms with Gasteiger partial charge in [0.25, 0.3) is 0 Å². The summed E-state index contributed by atoms with van der Waals surface area (Å²) in [5.74, 6) is -1.72. The number of carbonyl (C=O) groups excluding carboxylic acids is 1. The van der Waals surface area contributed by atoms with Crippen molar-refractivity contribution in [1.82, 2.24) is 14.9 Å². The third-order valence-corrected chi connectivity index (χ3v) is 2.68. The Kier molecular flexibility index (Phi) is 3.78. The van der Waals surface area contributed by atoms with Gasteiger partial charge in [-0.3, -0.25) is 4.79 Å². The zero-order chi connectivity index (χ0) is 14.0. The van der Waals surface area contributed by atoms with Crippen LogP contribution in [0.4, 0.5) is 8.78 Å². The van der Waals surface area contributed by atoms with E-state index in [0.29, 0.717) is 23.5 Å². The molecule has 2 rings (SSSR count). The molecule has 0 bridgehead atoms. The van der Waals surface area contributed by atoms with Gasteiger partial charge < -0.3 is 9.88 Å². The maximum Gasteiger partial charge on any atom is 0.240 e. The van der Waals surface area contributed by atoms with E-state index in [2.05, 4.69) is 10.3 Å². The zero-order valence-electron chi connectivity index (χ0n) is 10.8. The molecule has 0 fully saturated rings. The van der Waals surface area contributed by atoms with Gasteiger partial charge in [-0.25, -0.2) is 13.8 Å². The standard InChI is InChI=1S/C13H15F2N3O/c1-8(2)5-16-13(19)6-18-7-17-11-3-9(14)10(15)4-12(11)18/h3-4,7-8H,5-6H2,1-2H3,(H,16,19). The number of amides is 1. The molecular formula is C13H15F2N3O. The van der Waals surface area contributed by atoms with Gasteiger partial charge in [-0.2, -0.15) is 0 Å². The first-order chi connectivity index (χ1) is 8.97. The van der Waals surface area contributed by atoms with Crippen molar-refractivity contribution in [3.8, 4) is 0 Å². The Bertz CT molecular complexity index is 607. The lowest BCUT2D eigenvalue weighted by atomic mass is 10.2. The van der Waals surface area contributed by atoms with E-state index in [1.54, 1.807) is 0 Å². The maximum atomic E-state index is 13.2. The summed E-state index contributed by atoms with van der Waals surface area (Å²) < 4.78 is 27.7. The van der Waals surface area contributed by atoms with Crippen LogP contribution in [0, 0.1) is 17.6 Å². The average Bonchev–Trinajstić information content (AvgIpc) is 2.70. The van der Waals surface area contributed by atoms with Crippen LogP contribution in [0.1, 0.15) is 13.8 Å². The van der Waals surface area contributed by atoms with E-state index < -0.39 is 11.6 Å². The minimum absolute atomic E-state index is 0.0360. The Labute approximate surface area is 109 Å². The SMILES string of the molecule is CC(C)CNC(=O)Cn1cnc2cc(F)c(F)cc21. The van der Waals surface area contributed by atoms with Crippen LogP contribution in [0.15, 0.2) is 18.5 Å². The van der Waals surface area contributed by atoms with Gasteiger partial charge in [-0.05, 0) is 5.92 Å². The number of imidazole rings is 1. The fourth-order valence-electron chi connectivity index (χ4n) is 1.71. The van der Waals surface area contributed by atoms with Crippen LogP contribution in [0.3, 0.4) is 0 Å². The number of carbonyl (C=O) groups is 1. The van der Waals surface area contributed by atoms with Crippen LogP contribution >= 0.6 is 0 Å². The molecule has 2 aromatic rings. The monoisotopic (exact) mass is 267 g/mol. The molecule has 0 spiro atoms. The molecule has 1 aromatic carbocycles. The Morgan fingerprint density at radius 2 is 2.05 bits per heavy atom. The van der Waals surface area contributed by atoms with Crippen molar-refractivity contribution in [3.63, 3.8) is 0 Å². The summed E-state index contributed by atoms with van der Waals surface area (Å²) in [4.78, 5) is 15.6. The minimum atomic E-state index is -0.947. The molecule has 1 heterocycles. The van der Waals surface area contributed by atoms with E-state index in [1.165, 1.54) is 10.9 Å². The van der Waals surface area contributed by atoms with Gasteiger partial charge in [0.1, 0.15) is 6.54 Å². The van der Waals surface area contributed by atoms with Gasteiger partial charge in [0.15, 0.2) is 11.6 Å². The van der Waals surface area contributed by atoms with Crippen molar-refractivity contribution in [1.29, 1.82) is 0 Å². The van der Waals surface area contributed by atoms with Crippen LogP contribution in [0.25, 0.3) is 11.0 Å². The van der Waals surface area contributed by atoms with Gasteiger partial charge in [0.05, 0.1) is 17.4 Å². The third kappa shape index (κ3) is 3.07. The second-order valence-corrected chi connectivity index (χ2v) is 4.83. The summed E-state index contributed by atoms with van der Waals surface area (Å²) in [5.41, 5.74) is 0.731. The summed E-state index contributed by atoms with van der Waals surface area (Å²) in [5, 5.41) is 2.76. The molecule has 1 aromatic heterocycles. The molecule has 6 heteroatoms. The maximum absolute atomic E-state index is 13.2. The molecule has 0 saturated heterocycles. The van der Waals surface area contributed by atoms with Gasteiger partial charge in [0.2, 0.25) is 5.91 Å². The fourth-order valence-corrected chi connectivity index (χ4v) is 1.71. The predicted molar refractivity (Wildman–Crippen MR) is 67.5 cm³/mol. The molecule has 0 unspecified atom stereocenters. The lowest BCUT2D eigenvalue weighted by Crippen LogP contribution is -2.30. The van der Waals surface area contributed by atoms with Gasteiger partial charge in [-0.1, -0.05) is 13.8 Å². The van der Waals surface area contributed by atoms with E-state index in [-0.39, 0.29) is 12.5 Å². The largest absolute Gasteiger partial charge is 0.354 e. The first-order valence-corrected chi connectivity index (χ1v) is 6.04. The van der Waals surface area contributed by atoms with Crippen LogP contribution in [-0.2, 0) is 11.3 Å². The normalized spacial score (nSPS) is 11.2. The Hall–Kier alpha value is -1.98. The van der Waals surface area contributed by atoms with E-state index in [1.807, 2.05) is 13.8 Å². The Morgan fingerprint density at radius 3 is 2.74 bits per heavy atom. The van der Waals surface area contributed by atoms with Crippen molar-refractivity contribution < 1.29 is 13.6 Å². The first-order valence-electron chi connectivity index (χ1n) is 6.04. The molecule has 4 nitrogen and oxygen atoms in total. The van der Waals surface area contributed by atoms with Crippen molar-refractivity contribution in [2.75, 3.05) is 6.54 Å². The molecule has 102 valence electrons. The molecule has 0 saturated carbocycles. The Morgan fingerprint density at radius 1 is 1.37 bits per heavy atom. The van der Waals surface area contributed by atoms with Crippen molar-refractivity contribution in [2.45, 2.75) is 20.4 Å². The number of halogens is 2. The van der Waals surface area contributed by atoms with E-state index >= 15 is 0 Å². The van der Waals surface area contributed by atoms with Gasteiger partial charge in [-0.15, -0.1) is 0 Å². The highest BCUT2D eigenvalue weighted by molar-refractivity contribution is 5.80. The first kappa shape index (κ1) is 13.5. The van der Waals surface area contributed by atoms with Crippen LogP contribution in [0.2, 0.25) is 0 Å². The molecule has 0 aliphatic carbocycles. The summed E-state index contributed by atoms with van der Waals surface area (Å²) >= 11 is 0. The van der Waals surface area contributed by atoms with E-state index in [4.69, 9.17) is 0 Å². The summed E-state index contributed by atoms with van der Waals surface area (Å²) in [6.45, 7) is 4.60. The molecule has 1 amide bonds. The molecule has 0 atom stereocenters. The highest BCUT2D eigenvalue weighted by Crippen LogP contribution is 2.17. The highest BCUT2D eigenvalue weighted by Gasteiger charge is 2.11. The zero-order valence-corrected chi connectivity index (χ0v) is 10.8. The van der Waals surface area contributed by atoms with E-state index in [9.17, 15) is 13.6 Å². The second-order valence-electron chi connectivity index (χ2n) is 4.83. The highest BCUT2D eigenvalue weighted by atomic mass is 19.2. The predicted octanol–water partition coefficient (Wildman–Crippen LogP) is 2.09. The number of hydrogen-bond donors (Lipinski definition) is 1. The van der Waals surface area contributed by atoms with Crippen molar-refractivity contribution in [2.24, 2.45) is 5.92 Å². The lowest BCUT2D eigenvalue weighted by Gasteiger charge is -2.08. The number of benzene rings is 1. The minimum Gasteiger partial charge on any atom is -0.354 e. The molecular weight excluding hydrogens is 252 g/mol. The average molecular weight is 267 g/mol. The number of nitrogens with zero attached hydrogens (tertiary/aromatic N) is 2. The van der Waals surface area contributed by atoms with Crippen LogP contribution < -0.4 is 5.32 Å². The van der Waals surface area contributed by atoms with Crippen LogP contribution in [-0.4, -0.2) is 22.0 Å². The Balaban J connectivity index is 2.17. The topological polar surface area (TPSA) is 46.9 Å². The lowest BCUT2D eigenvalue weighted by molar-refractivity contribution is -0.121. The van der Waals surface area contributed by atoms with Crippen LogP contribution in [0.5, 0.6) is 0 Å². The van der Waals surface area contributed by atoms with E-state index in [0.717, 1.165) is 12.1 Å². The molecule has 1 N–H and O–H groups in total. The quantitative estimate of drug-likeness (QED) is 0.922. The number of hydrogen-bond acceptors (Lipinski definition) is 2. The number of nitrogens with one attached hydrogen (secondary N) is 1. The van der Waals surface area contributed by atoms with Crippen molar-refractivity contribution in [3.05, 3.63) is 30.1 Å². The molecule has 19 heavy (non-hydrogen) atoms. The number of rotatable bonds is 4. The van der Waals surface area contributed by atoms with Gasteiger partial charge >= 0.3 is 0 Å². The number of aromatic nitrogens is 2. The summed E-state index contributed by atoms with van der Waals surface area (Å²) in [6, 6.07) is 2.07. The molecule has 0 aliphatic rings. The number of fused-ring (bicyclic) bond motifs is 1. The second kappa shape index (κ2) is 5.34. The third-order valence-electron chi connectivity index (χ3n) is 2.68. The fraction of sp³-hybridized carbons (Fsp3) is 0.385. The van der Waals surface area contributed by atoms with Crippen molar-refractivity contribution >= 4 is 16.9 Å².